The van der Waals surface area contributed by atoms with Crippen molar-refractivity contribution in [3.8, 4) is 5.75 Å². The van der Waals surface area contributed by atoms with Crippen molar-refractivity contribution in [1.82, 2.24) is 9.97 Å². The second kappa shape index (κ2) is 10.6. The molecule has 0 N–H and O–H groups in total. The normalized spacial score (nSPS) is 11.0. The smallest absolute Gasteiger partial charge is 0.260 e. The minimum Gasteiger partial charge on any atom is -0.494 e. The molecule has 0 unspecified atom stereocenters. The van der Waals surface area contributed by atoms with Crippen molar-refractivity contribution in [2.24, 2.45) is 0 Å². The second-order valence-corrected chi connectivity index (χ2v) is 9.15. The van der Waals surface area contributed by atoms with Gasteiger partial charge in [0, 0.05) is 11.8 Å². The summed E-state index contributed by atoms with van der Waals surface area (Å²) in [5.74, 6) is 0.677. The zero-order valence-electron chi connectivity index (χ0n) is 19.4. The van der Waals surface area contributed by atoms with Crippen molar-refractivity contribution in [3.63, 3.8) is 0 Å². The number of benzene rings is 2. The van der Waals surface area contributed by atoms with Gasteiger partial charge in [-0.25, -0.2) is 4.98 Å². The van der Waals surface area contributed by atoms with E-state index in [1.165, 1.54) is 16.9 Å². The SMILES string of the molecule is CCCCCOc1ccc(C(=O)N(Cc2ccccn2)c2nc3c(C)c(C)ccc3s2)cc1. The molecule has 0 bridgehead atoms. The fraction of sp³-hybridized carbons (Fsp3) is 0.296. The molecule has 1 amide bonds. The minimum atomic E-state index is -0.105. The Bertz CT molecular complexity index is 1220. The summed E-state index contributed by atoms with van der Waals surface area (Å²) in [6.07, 6.45) is 5.09. The van der Waals surface area contributed by atoms with Crippen LogP contribution in [0.2, 0.25) is 0 Å². The van der Waals surface area contributed by atoms with E-state index in [0.29, 0.717) is 23.8 Å². The van der Waals surface area contributed by atoms with Gasteiger partial charge in [0.05, 0.1) is 29.1 Å². The van der Waals surface area contributed by atoms with E-state index in [9.17, 15) is 4.79 Å². The number of aryl methyl sites for hydroxylation is 2. The molecular formula is C27H29N3O2S. The van der Waals surface area contributed by atoms with Crippen LogP contribution in [0.4, 0.5) is 5.13 Å². The van der Waals surface area contributed by atoms with Crippen LogP contribution in [0, 0.1) is 13.8 Å². The van der Waals surface area contributed by atoms with E-state index in [1.54, 1.807) is 11.1 Å². The molecule has 0 aliphatic rings. The van der Waals surface area contributed by atoms with Gasteiger partial charge in [0.2, 0.25) is 0 Å². The molecule has 0 aliphatic heterocycles. The molecule has 0 atom stereocenters. The largest absolute Gasteiger partial charge is 0.494 e. The summed E-state index contributed by atoms with van der Waals surface area (Å²) in [6.45, 7) is 7.37. The third-order valence-electron chi connectivity index (χ3n) is 5.71. The lowest BCUT2D eigenvalue weighted by molar-refractivity contribution is 0.0984. The van der Waals surface area contributed by atoms with Crippen LogP contribution in [0.25, 0.3) is 10.2 Å². The Balaban J connectivity index is 1.62. The Hall–Kier alpha value is -3.25. The standard InChI is InChI=1S/C27H29N3O2S/c1-4-5-8-17-32-23-13-11-21(12-14-23)26(31)30(18-22-9-6-7-16-28-22)27-29-25-20(3)19(2)10-15-24(25)33-27/h6-7,9-16H,4-5,8,17-18H2,1-3H3. The Morgan fingerprint density at radius 2 is 1.85 bits per heavy atom. The number of anilines is 1. The minimum absolute atomic E-state index is 0.105. The summed E-state index contributed by atoms with van der Waals surface area (Å²) in [5, 5.41) is 0.675. The number of unbranched alkanes of at least 4 members (excludes halogenated alkanes) is 2. The predicted octanol–water partition coefficient (Wildman–Crippen LogP) is 6.72. The summed E-state index contributed by atoms with van der Waals surface area (Å²) in [5.41, 5.74) is 4.69. The van der Waals surface area contributed by atoms with Crippen LogP contribution < -0.4 is 9.64 Å². The number of nitrogens with zero attached hydrogens (tertiary/aromatic N) is 3. The zero-order chi connectivity index (χ0) is 23.2. The van der Waals surface area contributed by atoms with Gasteiger partial charge in [-0.05, 0) is 73.9 Å². The zero-order valence-corrected chi connectivity index (χ0v) is 20.2. The van der Waals surface area contributed by atoms with Crippen molar-refractivity contribution >= 4 is 32.6 Å². The van der Waals surface area contributed by atoms with Crippen LogP contribution in [0.1, 0.15) is 53.4 Å². The Labute approximate surface area is 199 Å². The topological polar surface area (TPSA) is 55.3 Å². The van der Waals surface area contributed by atoms with E-state index in [0.717, 1.165) is 46.5 Å². The molecule has 0 saturated heterocycles. The number of thiazole rings is 1. The van der Waals surface area contributed by atoms with Gasteiger partial charge in [0.1, 0.15) is 5.75 Å². The van der Waals surface area contributed by atoms with Crippen LogP contribution in [-0.4, -0.2) is 22.5 Å². The van der Waals surface area contributed by atoms with Crippen LogP contribution in [0.5, 0.6) is 5.75 Å². The van der Waals surface area contributed by atoms with Gasteiger partial charge in [-0.15, -0.1) is 0 Å². The molecule has 0 radical (unpaired) electrons. The number of ether oxygens (including phenoxy) is 1. The molecular weight excluding hydrogens is 430 g/mol. The molecule has 5 nitrogen and oxygen atoms in total. The predicted molar refractivity (Wildman–Crippen MR) is 135 cm³/mol. The van der Waals surface area contributed by atoms with Crippen molar-refractivity contribution in [2.45, 2.75) is 46.6 Å². The Kier molecular flexibility index (Phi) is 7.35. The molecule has 4 aromatic rings. The lowest BCUT2D eigenvalue weighted by atomic mass is 10.1. The number of hydrogen-bond acceptors (Lipinski definition) is 5. The summed E-state index contributed by atoms with van der Waals surface area (Å²) >= 11 is 1.53. The highest BCUT2D eigenvalue weighted by Gasteiger charge is 2.23. The lowest BCUT2D eigenvalue weighted by Crippen LogP contribution is -2.30. The van der Waals surface area contributed by atoms with E-state index in [1.807, 2.05) is 42.5 Å². The Morgan fingerprint density at radius 3 is 2.58 bits per heavy atom. The van der Waals surface area contributed by atoms with Gasteiger partial charge in [-0.3, -0.25) is 14.7 Å². The van der Waals surface area contributed by atoms with Crippen molar-refractivity contribution in [1.29, 1.82) is 0 Å². The molecule has 0 aliphatic carbocycles. The van der Waals surface area contributed by atoms with Crippen LogP contribution in [0.3, 0.4) is 0 Å². The maximum Gasteiger partial charge on any atom is 0.260 e. The number of fused-ring (bicyclic) bond motifs is 1. The fourth-order valence-electron chi connectivity index (χ4n) is 3.60. The fourth-order valence-corrected chi connectivity index (χ4v) is 4.62. The number of rotatable bonds is 9. The van der Waals surface area contributed by atoms with Crippen molar-refractivity contribution < 1.29 is 9.53 Å². The van der Waals surface area contributed by atoms with E-state index in [2.05, 4.69) is 37.9 Å². The maximum atomic E-state index is 13.6. The number of amides is 1. The van der Waals surface area contributed by atoms with Gasteiger partial charge in [0.25, 0.3) is 5.91 Å². The average Bonchev–Trinajstić information content (AvgIpc) is 3.28. The maximum absolute atomic E-state index is 13.6. The molecule has 170 valence electrons. The third-order valence-corrected chi connectivity index (χ3v) is 6.76. The number of pyridine rings is 1. The number of carbonyl (C=O) groups excluding carboxylic acids is 1. The van der Waals surface area contributed by atoms with Crippen LogP contribution in [-0.2, 0) is 6.54 Å². The first-order chi connectivity index (χ1) is 16.1. The molecule has 4 rings (SSSR count). The summed E-state index contributed by atoms with van der Waals surface area (Å²) in [4.78, 5) is 24.6. The van der Waals surface area contributed by atoms with E-state index < -0.39 is 0 Å². The molecule has 0 saturated carbocycles. The molecule has 2 heterocycles. The lowest BCUT2D eigenvalue weighted by Gasteiger charge is -2.20. The molecule has 6 heteroatoms. The Morgan fingerprint density at radius 1 is 1.03 bits per heavy atom. The second-order valence-electron chi connectivity index (χ2n) is 8.14. The molecule has 0 spiro atoms. The van der Waals surface area contributed by atoms with Gasteiger partial charge in [0.15, 0.2) is 5.13 Å². The molecule has 2 aromatic heterocycles. The van der Waals surface area contributed by atoms with E-state index in [4.69, 9.17) is 9.72 Å². The van der Waals surface area contributed by atoms with E-state index in [-0.39, 0.29) is 5.91 Å². The first-order valence-electron chi connectivity index (χ1n) is 11.4. The van der Waals surface area contributed by atoms with E-state index >= 15 is 0 Å². The van der Waals surface area contributed by atoms with Crippen molar-refractivity contribution in [3.05, 3.63) is 83.2 Å². The van der Waals surface area contributed by atoms with Crippen molar-refractivity contribution in [2.75, 3.05) is 11.5 Å². The quantitative estimate of drug-likeness (QED) is 0.261. The van der Waals surface area contributed by atoms with Gasteiger partial charge >= 0.3 is 0 Å². The molecule has 2 aromatic carbocycles. The summed E-state index contributed by atoms with van der Waals surface area (Å²) in [7, 11) is 0. The highest BCUT2D eigenvalue weighted by Crippen LogP contribution is 2.33. The first-order valence-corrected chi connectivity index (χ1v) is 12.2. The first kappa shape index (κ1) is 22.9. The highest BCUT2D eigenvalue weighted by atomic mass is 32.1. The van der Waals surface area contributed by atoms with Crippen LogP contribution in [0.15, 0.2) is 60.8 Å². The van der Waals surface area contributed by atoms with Gasteiger partial charge < -0.3 is 4.74 Å². The molecule has 33 heavy (non-hydrogen) atoms. The summed E-state index contributed by atoms with van der Waals surface area (Å²) in [6, 6.07) is 17.3. The highest BCUT2D eigenvalue weighted by molar-refractivity contribution is 7.22. The number of carbonyl (C=O) groups is 1. The summed E-state index contributed by atoms with van der Waals surface area (Å²) < 4.78 is 6.87. The van der Waals surface area contributed by atoms with Crippen LogP contribution >= 0.6 is 11.3 Å². The number of hydrogen-bond donors (Lipinski definition) is 0. The van der Waals surface area contributed by atoms with Gasteiger partial charge in [-0.1, -0.05) is 43.2 Å². The third kappa shape index (κ3) is 5.40. The molecule has 0 fully saturated rings. The van der Waals surface area contributed by atoms with Gasteiger partial charge in [-0.2, -0.15) is 0 Å². The average molecular weight is 460 g/mol. The number of aromatic nitrogens is 2. The monoisotopic (exact) mass is 459 g/mol.